The first-order valence-corrected chi connectivity index (χ1v) is 11.2. The molecule has 1 aliphatic heterocycles. The van der Waals surface area contributed by atoms with Crippen molar-refractivity contribution >= 4 is 17.4 Å². The molecule has 7 nitrogen and oxygen atoms in total. The van der Waals surface area contributed by atoms with Crippen LogP contribution in [0, 0.1) is 0 Å². The molecule has 0 bridgehead atoms. The maximum atomic E-state index is 13.6. The van der Waals surface area contributed by atoms with Gasteiger partial charge in [0, 0.05) is 30.3 Å². The second-order valence-electron chi connectivity index (χ2n) is 7.99. The summed E-state index contributed by atoms with van der Waals surface area (Å²) >= 11 is 0. The van der Waals surface area contributed by atoms with Crippen LogP contribution < -0.4 is 20.1 Å². The third-order valence-electron chi connectivity index (χ3n) is 5.40. The number of aromatic nitrogens is 1. The molecule has 184 valence electrons. The lowest BCUT2D eigenvalue weighted by Gasteiger charge is -2.18. The van der Waals surface area contributed by atoms with Crippen molar-refractivity contribution in [1.29, 1.82) is 0 Å². The predicted octanol–water partition coefficient (Wildman–Crippen LogP) is 6.01. The van der Waals surface area contributed by atoms with Crippen molar-refractivity contribution < 1.29 is 27.4 Å². The molecule has 10 heteroatoms. The van der Waals surface area contributed by atoms with E-state index in [1.54, 1.807) is 48.8 Å². The van der Waals surface area contributed by atoms with Gasteiger partial charge in [0.15, 0.2) is 0 Å². The van der Waals surface area contributed by atoms with Crippen LogP contribution >= 0.6 is 0 Å². The van der Waals surface area contributed by atoms with Crippen LogP contribution in [0.15, 0.2) is 67.0 Å². The van der Waals surface area contributed by atoms with Crippen molar-refractivity contribution in [1.82, 2.24) is 9.88 Å². The zero-order chi connectivity index (χ0) is 24.7. The van der Waals surface area contributed by atoms with Crippen molar-refractivity contribution in [3.8, 4) is 17.2 Å². The second-order valence-corrected chi connectivity index (χ2v) is 7.99. The third kappa shape index (κ3) is 7.10. The molecule has 0 aliphatic carbocycles. The van der Waals surface area contributed by atoms with Crippen LogP contribution in [0.3, 0.4) is 0 Å². The fourth-order valence-electron chi connectivity index (χ4n) is 3.69. The minimum absolute atomic E-state index is 0.000594. The van der Waals surface area contributed by atoms with Crippen molar-refractivity contribution in [2.75, 3.05) is 36.9 Å². The first-order chi connectivity index (χ1) is 16.9. The van der Waals surface area contributed by atoms with Gasteiger partial charge in [0.1, 0.15) is 23.9 Å². The average Bonchev–Trinajstić information content (AvgIpc) is 3.35. The van der Waals surface area contributed by atoms with Gasteiger partial charge in [0.2, 0.25) is 0 Å². The largest absolute Gasteiger partial charge is 0.492 e. The highest BCUT2D eigenvalue weighted by atomic mass is 19.4. The van der Waals surface area contributed by atoms with Gasteiger partial charge in [-0.3, -0.25) is 9.88 Å². The highest BCUT2D eigenvalue weighted by Gasteiger charge is 2.35. The van der Waals surface area contributed by atoms with E-state index < -0.39 is 17.8 Å². The van der Waals surface area contributed by atoms with Crippen LogP contribution in [0.4, 0.5) is 29.3 Å². The van der Waals surface area contributed by atoms with E-state index in [2.05, 4.69) is 20.5 Å². The smallest absolute Gasteiger partial charge is 0.420 e. The van der Waals surface area contributed by atoms with E-state index in [1.807, 2.05) is 0 Å². The van der Waals surface area contributed by atoms with Gasteiger partial charge < -0.3 is 20.1 Å². The molecule has 1 aromatic heterocycles. The van der Waals surface area contributed by atoms with E-state index in [9.17, 15) is 18.0 Å². The fraction of sp³-hybridized carbons (Fsp3) is 0.280. The first-order valence-electron chi connectivity index (χ1n) is 11.2. The summed E-state index contributed by atoms with van der Waals surface area (Å²) in [6.45, 7) is 2.62. The van der Waals surface area contributed by atoms with E-state index in [0.717, 1.165) is 32.0 Å². The van der Waals surface area contributed by atoms with E-state index in [1.165, 1.54) is 12.1 Å². The summed E-state index contributed by atoms with van der Waals surface area (Å²) in [7, 11) is 0. The number of anilines is 2. The lowest BCUT2D eigenvalue weighted by Crippen LogP contribution is -2.25. The van der Waals surface area contributed by atoms with E-state index in [4.69, 9.17) is 9.47 Å². The number of rotatable bonds is 8. The summed E-state index contributed by atoms with van der Waals surface area (Å²) in [4.78, 5) is 18.4. The SMILES string of the molecule is O=C(Nc1ccc(Oc2ccncc2)cc1)Nc1ccc(OCCN2CCCC2)c(C(F)(F)F)c1. The topological polar surface area (TPSA) is 75.7 Å². The molecule has 3 aromatic rings. The Kier molecular flexibility index (Phi) is 7.71. The number of hydrogen-bond acceptors (Lipinski definition) is 5. The quantitative estimate of drug-likeness (QED) is 0.408. The Morgan fingerprint density at radius 1 is 0.914 bits per heavy atom. The lowest BCUT2D eigenvalue weighted by atomic mass is 10.1. The summed E-state index contributed by atoms with van der Waals surface area (Å²) in [5.41, 5.74) is -0.490. The zero-order valence-electron chi connectivity index (χ0n) is 18.8. The summed E-state index contributed by atoms with van der Waals surface area (Å²) < 4.78 is 51.9. The molecule has 1 saturated heterocycles. The van der Waals surface area contributed by atoms with Crippen LogP contribution in [-0.2, 0) is 6.18 Å². The number of urea groups is 1. The number of halogens is 3. The molecule has 0 radical (unpaired) electrons. The summed E-state index contributed by atoms with van der Waals surface area (Å²) in [5.74, 6) is 0.909. The van der Waals surface area contributed by atoms with Crippen molar-refractivity contribution in [2.45, 2.75) is 19.0 Å². The molecule has 2 aromatic carbocycles. The predicted molar refractivity (Wildman–Crippen MR) is 126 cm³/mol. The van der Waals surface area contributed by atoms with Gasteiger partial charge >= 0.3 is 12.2 Å². The average molecular weight is 486 g/mol. The molecule has 4 rings (SSSR count). The molecular formula is C25H25F3N4O3. The number of benzene rings is 2. The number of amides is 2. The minimum Gasteiger partial charge on any atom is -0.492 e. The van der Waals surface area contributed by atoms with Gasteiger partial charge in [0.25, 0.3) is 0 Å². The summed E-state index contributed by atoms with van der Waals surface area (Å²) in [6.07, 6.45) is 0.779. The van der Waals surface area contributed by atoms with Crippen molar-refractivity contribution in [2.24, 2.45) is 0 Å². The van der Waals surface area contributed by atoms with Gasteiger partial charge in [-0.25, -0.2) is 4.79 Å². The van der Waals surface area contributed by atoms with Crippen molar-refractivity contribution in [3.05, 3.63) is 72.6 Å². The number of carbonyl (C=O) groups excluding carboxylic acids is 1. The van der Waals surface area contributed by atoms with Gasteiger partial charge in [-0.05, 0) is 80.5 Å². The zero-order valence-corrected chi connectivity index (χ0v) is 18.8. The van der Waals surface area contributed by atoms with Gasteiger partial charge in [-0.1, -0.05) is 0 Å². The third-order valence-corrected chi connectivity index (χ3v) is 5.40. The highest BCUT2D eigenvalue weighted by molar-refractivity contribution is 5.99. The first kappa shape index (κ1) is 24.3. The highest BCUT2D eigenvalue weighted by Crippen LogP contribution is 2.38. The number of pyridine rings is 1. The van der Waals surface area contributed by atoms with Crippen LogP contribution in [0.5, 0.6) is 17.2 Å². The van der Waals surface area contributed by atoms with Gasteiger partial charge in [-0.15, -0.1) is 0 Å². The maximum Gasteiger partial charge on any atom is 0.420 e. The minimum atomic E-state index is -4.62. The molecule has 2 N–H and O–H groups in total. The Hall–Kier alpha value is -3.79. The maximum absolute atomic E-state index is 13.6. The van der Waals surface area contributed by atoms with E-state index in [-0.39, 0.29) is 18.0 Å². The monoisotopic (exact) mass is 486 g/mol. The molecule has 2 heterocycles. The number of likely N-dealkylation sites (tertiary alicyclic amines) is 1. The Labute approximate surface area is 200 Å². The number of nitrogens with one attached hydrogen (secondary N) is 2. The molecule has 1 aliphatic rings. The Balaban J connectivity index is 1.34. The van der Waals surface area contributed by atoms with Gasteiger partial charge in [0.05, 0.1) is 5.56 Å². The molecule has 0 saturated carbocycles. The van der Waals surface area contributed by atoms with E-state index >= 15 is 0 Å². The van der Waals surface area contributed by atoms with Crippen LogP contribution in [0.25, 0.3) is 0 Å². The summed E-state index contributed by atoms with van der Waals surface area (Å²) in [6, 6.07) is 12.8. The second kappa shape index (κ2) is 11.1. The molecule has 2 amide bonds. The number of hydrogen-bond donors (Lipinski definition) is 2. The number of ether oxygens (including phenoxy) is 2. The molecular weight excluding hydrogens is 461 g/mol. The van der Waals surface area contributed by atoms with Crippen LogP contribution in [0.1, 0.15) is 18.4 Å². The molecule has 0 spiro atoms. The fourth-order valence-corrected chi connectivity index (χ4v) is 3.69. The Morgan fingerprint density at radius 2 is 1.54 bits per heavy atom. The van der Waals surface area contributed by atoms with Crippen LogP contribution in [-0.4, -0.2) is 42.2 Å². The Morgan fingerprint density at radius 3 is 2.23 bits per heavy atom. The van der Waals surface area contributed by atoms with Crippen molar-refractivity contribution in [3.63, 3.8) is 0 Å². The lowest BCUT2D eigenvalue weighted by molar-refractivity contribution is -0.138. The van der Waals surface area contributed by atoms with E-state index in [0.29, 0.717) is 23.7 Å². The standard InChI is InChI=1S/C25H25F3N4O3/c26-25(27,28)22-17-19(5-8-23(22)34-16-15-32-13-1-2-14-32)31-24(33)30-18-3-6-20(7-4-18)35-21-9-11-29-12-10-21/h3-12,17H,1-2,13-16H2,(H2,30,31,33). The molecule has 0 atom stereocenters. The molecule has 35 heavy (non-hydrogen) atoms. The number of nitrogens with zero attached hydrogens (tertiary/aromatic N) is 2. The number of carbonyl (C=O) groups is 1. The van der Waals surface area contributed by atoms with Crippen LogP contribution in [0.2, 0.25) is 0 Å². The van der Waals surface area contributed by atoms with Gasteiger partial charge in [-0.2, -0.15) is 13.2 Å². The number of alkyl halides is 3. The molecule has 0 unspecified atom stereocenters. The summed E-state index contributed by atoms with van der Waals surface area (Å²) in [5, 5.41) is 5.02. The molecule has 1 fully saturated rings. The Bertz CT molecular complexity index is 1120. The normalized spacial score (nSPS) is 13.9.